The number of benzene rings is 1. The minimum atomic E-state index is -0.839. The molecule has 3 aromatic rings. The Balaban J connectivity index is 1.65. The highest BCUT2D eigenvalue weighted by Gasteiger charge is 2.79. The number of hydrogen-bond donors (Lipinski definition) is 2. The quantitative estimate of drug-likeness (QED) is 0.411. The number of nitrogens with zero attached hydrogens (tertiary/aromatic N) is 4. The predicted octanol–water partition coefficient (Wildman–Crippen LogP) is 5.35. The lowest BCUT2D eigenvalue weighted by molar-refractivity contribution is -0.130. The molecule has 2 aromatic heterocycles. The lowest BCUT2D eigenvalue weighted by atomic mass is 9.70. The number of aryl methyl sites for hydroxylation is 1. The van der Waals surface area contributed by atoms with Gasteiger partial charge in [0.1, 0.15) is 10.3 Å². The van der Waals surface area contributed by atoms with E-state index in [9.17, 15) is 14.9 Å². The molecule has 8 nitrogen and oxygen atoms in total. The Morgan fingerprint density at radius 1 is 1.29 bits per heavy atom. The Kier molecular flexibility index (Phi) is 6.29. The lowest BCUT2D eigenvalue weighted by Gasteiger charge is -2.38. The SMILES string of the molecule is CNC1(C)CCC2C(C)(C)C2(c2cc(C#N)cc(C)c2NC(=O)c2cc(Br)nn2-c2ncccc2Cl)C1=O. The van der Waals surface area contributed by atoms with Crippen LogP contribution < -0.4 is 10.6 Å². The number of rotatable bonds is 5. The van der Waals surface area contributed by atoms with Crippen molar-refractivity contribution in [2.45, 2.75) is 51.5 Å². The zero-order chi connectivity index (χ0) is 27.6. The third kappa shape index (κ3) is 3.65. The standard InChI is InChI=1S/C28H28BrClN6O2/c1-15-11-16(14-31)12-17(28-20(26(28,2)3)8-9-27(4,32-5)25(28)38)22(15)34-24(37)19-13-21(29)35-36(19)23-18(30)7-6-10-33-23/h6-7,10-13,20,32H,8-9H2,1-5H3,(H,34,37). The summed E-state index contributed by atoms with van der Waals surface area (Å²) in [5, 5.41) is 20.8. The normalized spacial score (nSPS) is 25.4. The van der Waals surface area contributed by atoms with Crippen LogP contribution in [0.4, 0.5) is 5.69 Å². The van der Waals surface area contributed by atoms with Crippen LogP contribution in [0.15, 0.2) is 41.1 Å². The number of amides is 1. The molecule has 1 aromatic carbocycles. The maximum absolute atomic E-state index is 14.3. The van der Waals surface area contributed by atoms with Gasteiger partial charge in [0.25, 0.3) is 5.91 Å². The molecule has 10 heteroatoms. The number of aromatic nitrogens is 3. The van der Waals surface area contributed by atoms with Gasteiger partial charge in [-0.2, -0.15) is 10.4 Å². The minimum Gasteiger partial charge on any atom is -0.320 e. The fourth-order valence-electron chi connectivity index (χ4n) is 6.49. The summed E-state index contributed by atoms with van der Waals surface area (Å²) in [4.78, 5) is 32.3. The molecule has 0 bridgehead atoms. The molecule has 0 radical (unpaired) electrons. The smallest absolute Gasteiger partial charge is 0.274 e. The van der Waals surface area contributed by atoms with Crippen LogP contribution in [0.1, 0.15) is 60.8 Å². The molecule has 2 aliphatic carbocycles. The molecule has 2 saturated carbocycles. The fraction of sp³-hybridized carbons (Fsp3) is 0.393. The molecular formula is C28H28BrClN6O2. The monoisotopic (exact) mass is 594 g/mol. The number of carbonyl (C=O) groups is 2. The summed E-state index contributed by atoms with van der Waals surface area (Å²) in [5.41, 5.74) is 0.698. The van der Waals surface area contributed by atoms with Gasteiger partial charge >= 0.3 is 0 Å². The number of hydrogen-bond acceptors (Lipinski definition) is 6. The molecule has 2 aliphatic rings. The average Bonchev–Trinajstić information content (AvgIpc) is 3.15. The van der Waals surface area contributed by atoms with E-state index in [4.69, 9.17) is 11.6 Å². The molecule has 2 N–H and O–H groups in total. The number of nitriles is 1. The Morgan fingerprint density at radius 3 is 2.68 bits per heavy atom. The highest BCUT2D eigenvalue weighted by Crippen LogP contribution is 2.75. The number of pyridine rings is 1. The first-order valence-corrected chi connectivity index (χ1v) is 13.6. The maximum atomic E-state index is 14.3. The van der Waals surface area contributed by atoms with Gasteiger partial charge in [-0.05, 0) is 96.4 Å². The molecule has 2 fully saturated rings. The van der Waals surface area contributed by atoms with E-state index in [1.54, 1.807) is 36.5 Å². The van der Waals surface area contributed by atoms with Crippen molar-refractivity contribution in [3.63, 3.8) is 0 Å². The number of nitrogens with one attached hydrogen (secondary N) is 2. The van der Waals surface area contributed by atoms with Gasteiger partial charge < -0.3 is 10.6 Å². The zero-order valence-electron chi connectivity index (χ0n) is 21.8. The summed E-state index contributed by atoms with van der Waals surface area (Å²) in [7, 11) is 1.81. The molecule has 3 unspecified atom stereocenters. The highest BCUT2D eigenvalue weighted by atomic mass is 79.9. The third-order valence-corrected chi connectivity index (χ3v) is 9.33. The van der Waals surface area contributed by atoms with Crippen LogP contribution in [-0.4, -0.2) is 39.0 Å². The van der Waals surface area contributed by atoms with Crippen molar-refractivity contribution in [3.8, 4) is 11.9 Å². The summed E-state index contributed by atoms with van der Waals surface area (Å²) < 4.78 is 1.82. The van der Waals surface area contributed by atoms with E-state index in [0.717, 1.165) is 12.8 Å². The van der Waals surface area contributed by atoms with Crippen molar-refractivity contribution in [2.75, 3.05) is 12.4 Å². The molecule has 38 heavy (non-hydrogen) atoms. The molecular weight excluding hydrogens is 568 g/mol. The lowest BCUT2D eigenvalue weighted by Crippen LogP contribution is -2.55. The van der Waals surface area contributed by atoms with Gasteiger partial charge in [0.05, 0.1) is 27.6 Å². The number of ketones is 1. The fourth-order valence-corrected chi connectivity index (χ4v) is 7.07. The largest absolute Gasteiger partial charge is 0.320 e. The molecule has 196 valence electrons. The van der Waals surface area contributed by atoms with E-state index < -0.39 is 16.9 Å². The van der Waals surface area contributed by atoms with E-state index in [1.165, 1.54) is 4.68 Å². The van der Waals surface area contributed by atoms with Crippen molar-refractivity contribution in [2.24, 2.45) is 11.3 Å². The van der Waals surface area contributed by atoms with Crippen LogP contribution in [0, 0.1) is 29.6 Å². The Bertz CT molecular complexity index is 1540. The van der Waals surface area contributed by atoms with Gasteiger partial charge in [0.15, 0.2) is 11.6 Å². The average molecular weight is 596 g/mol. The van der Waals surface area contributed by atoms with Crippen molar-refractivity contribution in [3.05, 3.63) is 68.5 Å². The number of carbonyl (C=O) groups excluding carboxylic acids is 2. The minimum absolute atomic E-state index is 0.0896. The Morgan fingerprint density at radius 2 is 2.03 bits per heavy atom. The van der Waals surface area contributed by atoms with Gasteiger partial charge in [0.2, 0.25) is 0 Å². The molecule has 1 amide bonds. The first kappa shape index (κ1) is 26.5. The summed E-state index contributed by atoms with van der Waals surface area (Å²) in [6.07, 6.45) is 3.16. The predicted molar refractivity (Wildman–Crippen MR) is 149 cm³/mol. The highest BCUT2D eigenvalue weighted by molar-refractivity contribution is 9.10. The summed E-state index contributed by atoms with van der Waals surface area (Å²) in [6, 6.07) is 10.7. The number of Topliss-reactive ketones (excluding diaryl/α,β-unsaturated/α-hetero) is 1. The number of fused-ring (bicyclic) bond motifs is 1. The Hall–Kier alpha value is -3.06. The summed E-state index contributed by atoms with van der Waals surface area (Å²) in [5.74, 6) is 0.0627. The summed E-state index contributed by atoms with van der Waals surface area (Å²) in [6.45, 7) is 7.99. The molecule has 5 rings (SSSR count). The Labute approximate surface area is 234 Å². The maximum Gasteiger partial charge on any atom is 0.274 e. The van der Waals surface area contributed by atoms with Crippen LogP contribution in [-0.2, 0) is 10.2 Å². The summed E-state index contributed by atoms with van der Waals surface area (Å²) >= 11 is 9.71. The second-order valence-corrected chi connectivity index (χ2v) is 12.1. The van der Waals surface area contributed by atoms with Crippen molar-refractivity contribution >= 4 is 44.9 Å². The van der Waals surface area contributed by atoms with E-state index in [0.29, 0.717) is 37.8 Å². The van der Waals surface area contributed by atoms with Gasteiger partial charge in [-0.25, -0.2) is 9.67 Å². The number of halogens is 2. The van der Waals surface area contributed by atoms with Crippen LogP contribution >= 0.6 is 27.5 Å². The van der Waals surface area contributed by atoms with Gasteiger partial charge in [0, 0.05) is 18.0 Å². The van der Waals surface area contributed by atoms with Crippen molar-refractivity contribution in [1.82, 2.24) is 20.1 Å². The first-order chi connectivity index (χ1) is 17.9. The molecule has 3 atom stereocenters. The van der Waals surface area contributed by atoms with E-state index >= 15 is 0 Å². The van der Waals surface area contributed by atoms with Crippen LogP contribution in [0.2, 0.25) is 5.02 Å². The molecule has 0 aliphatic heterocycles. The van der Waals surface area contributed by atoms with Crippen LogP contribution in [0.25, 0.3) is 5.82 Å². The van der Waals surface area contributed by atoms with E-state index in [2.05, 4.69) is 56.6 Å². The molecule has 0 saturated heterocycles. The van der Waals surface area contributed by atoms with Crippen molar-refractivity contribution in [1.29, 1.82) is 5.26 Å². The van der Waals surface area contributed by atoms with Gasteiger partial charge in [-0.1, -0.05) is 25.4 Å². The van der Waals surface area contributed by atoms with Crippen LogP contribution in [0.5, 0.6) is 0 Å². The molecule has 2 heterocycles. The van der Waals surface area contributed by atoms with Crippen LogP contribution in [0.3, 0.4) is 0 Å². The number of anilines is 1. The molecule has 0 spiro atoms. The van der Waals surface area contributed by atoms with Gasteiger partial charge in [-0.3, -0.25) is 9.59 Å². The third-order valence-electron chi connectivity index (χ3n) is 8.65. The van der Waals surface area contributed by atoms with E-state index in [-0.39, 0.29) is 22.8 Å². The second-order valence-electron chi connectivity index (χ2n) is 10.9. The van der Waals surface area contributed by atoms with Crippen molar-refractivity contribution < 1.29 is 9.59 Å². The van der Waals surface area contributed by atoms with E-state index in [1.807, 2.05) is 20.9 Å². The zero-order valence-corrected chi connectivity index (χ0v) is 24.2. The topological polar surface area (TPSA) is 113 Å². The number of likely N-dealkylation sites (N-methyl/N-ethyl adjacent to an activating group) is 1. The van der Waals surface area contributed by atoms with Gasteiger partial charge in [-0.15, -0.1) is 0 Å². The first-order valence-electron chi connectivity index (χ1n) is 12.4. The second kappa shape index (κ2) is 9.01.